The maximum absolute atomic E-state index is 5.53. The van der Waals surface area contributed by atoms with E-state index < -0.39 is 0 Å². The Labute approximate surface area is 405 Å². The Morgan fingerprint density at radius 1 is 0.271 bits per heavy atom. The zero-order valence-electron chi connectivity index (χ0n) is 37.5. The zero-order chi connectivity index (χ0) is 45.9. The summed E-state index contributed by atoms with van der Waals surface area (Å²) in [4.78, 5) is 16.3. The molecule has 0 N–H and O–H groups in total. The van der Waals surface area contributed by atoms with Gasteiger partial charge in [-0.05, 0) is 71.8 Å². The fraction of sp³-hybridized carbons (Fsp3) is 0. The Bertz CT molecular complexity index is 4530. The monoisotopic (exact) mass is 910 g/mol. The molecule has 0 aliphatic rings. The summed E-state index contributed by atoms with van der Waals surface area (Å²) < 4.78 is 9.58. The van der Waals surface area contributed by atoms with Crippen molar-refractivity contribution in [3.8, 4) is 51.2 Å². The standard InChI is InChI=1S/C63H38N6S/c1-3-15-39(16-4-1)40-27-30-43(31-28-40)68-55-25-13-9-21-47(55)50-34-35-51-52-38-44(67-53-23-11-7-19-45(53)46-20-8-12-24-54(46)67)32-36-56(52)69(60(51)59(50)68)63-65-61(41-17-5-2-6-18-41)64-62(66-63)42-29-33-49-48-22-10-14-26-57(48)70-58(49)37-42/h1-38H. The van der Waals surface area contributed by atoms with Gasteiger partial charge in [0, 0.05) is 75.0 Å². The molecular weight excluding hydrogens is 873 g/mol. The molecule has 0 spiro atoms. The van der Waals surface area contributed by atoms with E-state index in [-0.39, 0.29) is 0 Å². The van der Waals surface area contributed by atoms with Crippen LogP contribution >= 0.6 is 11.3 Å². The first kappa shape index (κ1) is 38.9. The second-order valence-electron chi connectivity index (χ2n) is 18.0. The molecule has 7 heteroatoms. The molecule has 0 fully saturated rings. The normalized spacial score (nSPS) is 12.0. The van der Waals surface area contributed by atoms with E-state index in [9.17, 15) is 0 Å². The van der Waals surface area contributed by atoms with Crippen molar-refractivity contribution >= 4 is 96.9 Å². The molecule has 0 saturated heterocycles. The second kappa shape index (κ2) is 15.2. The average molecular weight is 911 g/mol. The quantitative estimate of drug-likeness (QED) is 0.167. The largest absolute Gasteiger partial charge is 0.309 e. The molecule has 10 aromatic carbocycles. The van der Waals surface area contributed by atoms with Crippen LogP contribution in [0.4, 0.5) is 0 Å². The smallest absolute Gasteiger partial charge is 0.238 e. The molecule has 5 aromatic heterocycles. The number of thiophene rings is 1. The van der Waals surface area contributed by atoms with Gasteiger partial charge in [0.05, 0.1) is 33.1 Å². The minimum Gasteiger partial charge on any atom is -0.309 e. The van der Waals surface area contributed by atoms with Gasteiger partial charge in [-0.25, -0.2) is 4.98 Å². The fourth-order valence-corrected chi connectivity index (χ4v) is 12.1. The third-order valence-electron chi connectivity index (χ3n) is 14.1. The van der Waals surface area contributed by atoms with Crippen molar-refractivity contribution < 1.29 is 0 Å². The lowest BCUT2D eigenvalue weighted by atomic mass is 10.1. The maximum atomic E-state index is 5.53. The lowest BCUT2D eigenvalue weighted by Crippen LogP contribution is -2.07. The minimum absolute atomic E-state index is 0.550. The minimum atomic E-state index is 0.550. The Balaban J connectivity index is 1.06. The van der Waals surface area contributed by atoms with Gasteiger partial charge in [0.2, 0.25) is 5.95 Å². The summed E-state index contributed by atoms with van der Waals surface area (Å²) in [6, 6.07) is 82.7. The van der Waals surface area contributed by atoms with Crippen molar-refractivity contribution in [2.45, 2.75) is 0 Å². The molecule has 15 aromatic rings. The summed E-state index contributed by atoms with van der Waals surface area (Å²) in [5.74, 6) is 1.77. The van der Waals surface area contributed by atoms with Crippen LogP contribution in [0.2, 0.25) is 0 Å². The lowest BCUT2D eigenvalue weighted by Gasteiger charge is -2.14. The van der Waals surface area contributed by atoms with E-state index in [2.05, 4.69) is 226 Å². The van der Waals surface area contributed by atoms with E-state index in [0.29, 0.717) is 17.6 Å². The number of benzene rings is 10. The molecule has 0 atom stereocenters. The van der Waals surface area contributed by atoms with Crippen LogP contribution in [0.5, 0.6) is 0 Å². The molecular formula is C63H38N6S. The molecule has 0 saturated carbocycles. The Morgan fingerprint density at radius 2 is 0.743 bits per heavy atom. The van der Waals surface area contributed by atoms with Crippen LogP contribution in [-0.4, -0.2) is 28.7 Å². The van der Waals surface area contributed by atoms with Gasteiger partial charge in [-0.3, -0.25) is 4.57 Å². The van der Waals surface area contributed by atoms with Gasteiger partial charge in [-0.2, -0.15) is 9.97 Å². The van der Waals surface area contributed by atoms with Crippen molar-refractivity contribution in [1.82, 2.24) is 28.7 Å². The van der Waals surface area contributed by atoms with Crippen molar-refractivity contribution in [3.63, 3.8) is 0 Å². The highest BCUT2D eigenvalue weighted by Gasteiger charge is 2.25. The predicted molar refractivity (Wildman–Crippen MR) is 292 cm³/mol. The fourth-order valence-electron chi connectivity index (χ4n) is 11.0. The molecule has 0 unspecified atom stereocenters. The van der Waals surface area contributed by atoms with Crippen LogP contribution in [0, 0.1) is 0 Å². The topological polar surface area (TPSA) is 53.5 Å². The van der Waals surface area contributed by atoms with Crippen LogP contribution in [0.1, 0.15) is 0 Å². The number of para-hydroxylation sites is 3. The first-order chi connectivity index (χ1) is 34.7. The summed E-state index contributed by atoms with van der Waals surface area (Å²) in [5.41, 5.74) is 12.9. The van der Waals surface area contributed by atoms with Crippen molar-refractivity contribution in [2.24, 2.45) is 0 Å². The first-order valence-corrected chi connectivity index (χ1v) is 24.4. The van der Waals surface area contributed by atoms with Crippen LogP contribution in [0.25, 0.3) is 137 Å². The van der Waals surface area contributed by atoms with Crippen LogP contribution in [0.3, 0.4) is 0 Å². The Kier molecular flexibility index (Phi) is 8.43. The third kappa shape index (κ3) is 5.82. The van der Waals surface area contributed by atoms with E-state index in [0.717, 1.165) is 60.7 Å². The molecule has 0 amide bonds. The first-order valence-electron chi connectivity index (χ1n) is 23.6. The lowest BCUT2D eigenvalue weighted by molar-refractivity contribution is 0.953. The van der Waals surface area contributed by atoms with Crippen molar-refractivity contribution in [3.05, 3.63) is 231 Å². The molecule has 326 valence electrons. The van der Waals surface area contributed by atoms with E-state index in [1.807, 2.05) is 18.2 Å². The molecule has 5 heterocycles. The number of hydrogen-bond acceptors (Lipinski definition) is 4. The van der Waals surface area contributed by atoms with Gasteiger partial charge in [0.15, 0.2) is 11.6 Å². The van der Waals surface area contributed by atoms with E-state index in [4.69, 9.17) is 15.0 Å². The Hall–Kier alpha value is -9.17. The Morgan fingerprint density at radius 3 is 1.44 bits per heavy atom. The van der Waals surface area contributed by atoms with Crippen molar-refractivity contribution in [1.29, 1.82) is 0 Å². The second-order valence-corrected chi connectivity index (χ2v) is 19.1. The molecule has 0 radical (unpaired) electrons. The molecule has 0 bridgehead atoms. The highest BCUT2D eigenvalue weighted by Crippen LogP contribution is 2.44. The summed E-state index contributed by atoms with van der Waals surface area (Å²) in [6.07, 6.45) is 0. The zero-order valence-corrected chi connectivity index (χ0v) is 38.3. The summed E-state index contributed by atoms with van der Waals surface area (Å²) in [6.45, 7) is 0. The van der Waals surface area contributed by atoms with E-state index in [1.54, 1.807) is 11.3 Å². The number of nitrogens with zero attached hydrogens (tertiary/aromatic N) is 6. The number of rotatable bonds is 6. The van der Waals surface area contributed by atoms with Gasteiger partial charge in [-0.15, -0.1) is 11.3 Å². The van der Waals surface area contributed by atoms with Gasteiger partial charge >= 0.3 is 0 Å². The summed E-state index contributed by atoms with van der Waals surface area (Å²) in [7, 11) is 0. The molecule has 15 rings (SSSR count). The van der Waals surface area contributed by atoms with Crippen LogP contribution in [0.15, 0.2) is 231 Å². The van der Waals surface area contributed by atoms with Gasteiger partial charge in [0.1, 0.15) is 0 Å². The highest BCUT2D eigenvalue weighted by molar-refractivity contribution is 7.25. The van der Waals surface area contributed by atoms with Gasteiger partial charge < -0.3 is 9.13 Å². The molecule has 0 aliphatic carbocycles. The van der Waals surface area contributed by atoms with Crippen molar-refractivity contribution in [2.75, 3.05) is 0 Å². The summed E-state index contributed by atoms with van der Waals surface area (Å²) in [5, 5.41) is 9.47. The number of aromatic nitrogens is 6. The molecule has 0 aliphatic heterocycles. The molecule has 70 heavy (non-hydrogen) atoms. The maximum Gasteiger partial charge on any atom is 0.238 e. The highest BCUT2D eigenvalue weighted by atomic mass is 32.1. The summed E-state index contributed by atoms with van der Waals surface area (Å²) >= 11 is 1.80. The predicted octanol–water partition coefficient (Wildman–Crippen LogP) is 16.5. The SMILES string of the molecule is c1ccc(-c2ccc(-n3c4ccccc4c4ccc5c6cc(-n7c8ccccc8c8ccccc87)ccc6n(-c6nc(-c7ccccc7)nc(-c7ccc8c(c7)sc7ccccc78)n6)c5c43)cc2)cc1. The van der Waals surface area contributed by atoms with E-state index in [1.165, 1.54) is 58.5 Å². The number of fused-ring (bicyclic) bond motifs is 13. The van der Waals surface area contributed by atoms with Gasteiger partial charge in [0.25, 0.3) is 0 Å². The van der Waals surface area contributed by atoms with E-state index >= 15 is 0 Å². The average Bonchev–Trinajstić information content (AvgIpc) is 4.17. The van der Waals surface area contributed by atoms with Gasteiger partial charge in [-0.1, -0.05) is 170 Å². The van der Waals surface area contributed by atoms with Crippen LogP contribution in [-0.2, 0) is 0 Å². The number of hydrogen-bond donors (Lipinski definition) is 0. The molecule has 6 nitrogen and oxygen atoms in total. The van der Waals surface area contributed by atoms with Crippen LogP contribution < -0.4 is 0 Å². The third-order valence-corrected chi connectivity index (χ3v) is 15.2.